The van der Waals surface area contributed by atoms with Crippen LogP contribution in [0.5, 0.6) is 5.75 Å². The number of amides is 2. The largest absolute Gasteiger partial charge is 0.483 e. The minimum atomic E-state index is -0.539. The molecule has 0 radical (unpaired) electrons. The zero-order chi connectivity index (χ0) is 16.8. The quantitative estimate of drug-likeness (QED) is 0.756. The lowest BCUT2D eigenvalue weighted by atomic mass is 10.2. The molecule has 3 N–H and O–H groups in total. The fourth-order valence-electron chi connectivity index (χ4n) is 1.80. The van der Waals surface area contributed by atoms with Gasteiger partial charge in [-0.15, -0.1) is 0 Å². The van der Waals surface area contributed by atoms with E-state index in [4.69, 9.17) is 10.5 Å². The number of hydrogen-bond acceptors (Lipinski definition) is 4. The number of nitrogens with one attached hydrogen (secondary N) is 1. The molecule has 0 unspecified atom stereocenters. The van der Waals surface area contributed by atoms with Gasteiger partial charge in [0.15, 0.2) is 12.9 Å². The molecule has 2 aromatic rings. The lowest BCUT2D eigenvalue weighted by Gasteiger charge is -2.09. The summed E-state index contributed by atoms with van der Waals surface area (Å²) in [5.41, 5.74) is 6.34. The van der Waals surface area contributed by atoms with Crippen molar-refractivity contribution < 1.29 is 19.1 Å². The maximum absolute atomic E-state index is 11.8. The Morgan fingerprint density at radius 1 is 1.17 bits per heavy atom. The van der Waals surface area contributed by atoms with Gasteiger partial charge in [0.1, 0.15) is 5.75 Å². The van der Waals surface area contributed by atoms with E-state index in [1.165, 1.54) is 12.1 Å². The molecule has 118 valence electrons. The smallest absolute Gasteiger partial charge is 0.262 e. The zero-order valence-electron chi connectivity index (χ0n) is 11.9. The molecule has 0 bridgehead atoms. The molecule has 0 aliphatic rings. The average Bonchev–Trinajstić information content (AvgIpc) is 2.54. The van der Waals surface area contributed by atoms with Gasteiger partial charge in [0.05, 0.1) is 5.56 Å². The first-order valence-corrected chi connectivity index (χ1v) is 7.36. The summed E-state index contributed by atoms with van der Waals surface area (Å²) < 4.78 is 6.08. The predicted molar refractivity (Wildman–Crippen MR) is 88.6 cm³/mol. The summed E-state index contributed by atoms with van der Waals surface area (Å²) in [5.74, 6) is -0.609. The van der Waals surface area contributed by atoms with Crippen molar-refractivity contribution in [1.82, 2.24) is 0 Å². The van der Waals surface area contributed by atoms with Crippen LogP contribution in [0.15, 0.2) is 46.9 Å². The van der Waals surface area contributed by atoms with Gasteiger partial charge in [0.25, 0.3) is 5.91 Å². The van der Waals surface area contributed by atoms with Crippen LogP contribution in [-0.4, -0.2) is 24.7 Å². The molecule has 6 nitrogen and oxygen atoms in total. The highest BCUT2D eigenvalue weighted by Crippen LogP contribution is 2.21. The number of rotatable bonds is 6. The van der Waals surface area contributed by atoms with E-state index in [-0.39, 0.29) is 6.61 Å². The van der Waals surface area contributed by atoms with Crippen LogP contribution >= 0.6 is 15.9 Å². The van der Waals surface area contributed by atoms with Crippen molar-refractivity contribution >= 4 is 39.7 Å². The van der Waals surface area contributed by atoms with E-state index in [1.54, 1.807) is 30.3 Å². The molecule has 0 atom stereocenters. The third kappa shape index (κ3) is 4.65. The minimum absolute atomic E-state index is 0.250. The maximum Gasteiger partial charge on any atom is 0.262 e. The summed E-state index contributed by atoms with van der Waals surface area (Å²) in [7, 11) is 0. The van der Waals surface area contributed by atoms with Crippen LogP contribution in [0, 0.1) is 0 Å². The number of halogens is 1. The lowest BCUT2D eigenvalue weighted by molar-refractivity contribution is -0.118. The number of benzene rings is 2. The van der Waals surface area contributed by atoms with Crippen LogP contribution < -0.4 is 15.8 Å². The van der Waals surface area contributed by atoms with Crippen molar-refractivity contribution in [2.24, 2.45) is 5.73 Å². The van der Waals surface area contributed by atoms with Gasteiger partial charge in [-0.05, 0) is 42.5 Å². The number of anilines is 1. The molecule has 2 amide bonds. The highest BCUT2D eigenvalue weighted by Gasteiger charge is 2.08. The first-order valence-electron chi connectivity index (χ1n) is 6.57. The normalized spacial score (nSPS) is 9.96. The first-order chi connectivity index (χ1) is 11.0. The second kappa shape index (κ2) is 7.55. The monoisotopic (exact) mass is 376 g/mol. The number of aldehydes is 1. The number of nitrogens with two attached hydrogens (primary N) is 1. The van der Waals surface area contributed by atoms with Crippen molar-refractivity contribution in [2.75, 3.05) is 11.9 Å². The number of carbonyl (C=O) groups is 3. The van der Waals surface area contributed by atoms with Gasteiger partial charge in [-0.25, -0.2) is 0 Å². The summed E-state index contributed by atoms with van der Waals surface area (Å²) in [4.78, 5) is 33.8. The summed E-state index contributed by atoms with van der Waals surface area (Å²) in [6.45, 7) is -0.250. The molecule has 0 spiro atoms. The Bertz CT molecular complexity index is 744. The minimum Gasteiger partial charge on any atom is -0.483 e. The summed E-state index contributed by atoms with van der Waals surface area (Å²) in [6, 6.07) is 11.1. The van der Waals surface area contributed by atoms with Crippen LogP contribution in [0.1, 0.15) is 20.7 Å². The molecular weight excluding hydrogens is 364 g/mol. The second-order valence-electron chi connectivity index (χ2n) is 4.58. The van der Waals surface area contributed by atoms with Gasteiger partial charge >= 0.3 is 0 Å². The van der Waals surface area contributed by atoms with Crippen molar-refractivity contribution in [3.8, 4) is 5.75 Å². The van der Waals surface area contributed by atoms with E-state index in [9.17, 15) is 14.4 Å². The lowest BCUT2D eigenvalue weighted by Crippen LogP contribution is -2.20. The zero-order valence-corrected chi connectivity index (χ0v) is 13.5. The Morgan fingerprint density at radius 2 is 1.87 bits per heavy atom. The molecule has 0 saturated carbocycles. The molecule has 7 heteroatoms. The standard InChI is InChI=1S/C16H13BrN2O4/c17-12-3-6-14(11(7-12)8-20)23-9-15(21)19-13-4-1-10(2-5-13)16(18)22/h1-8H,9H2,(H2,18,22)(H,19,21). The summed E-state index contributed by atoms with van der Waals surface area (Å²) in [6.07, 6.45) is 0.653. The topological polar surface area (TPSA) is 98.5 Å². The highest BCUT2D eigenvalue weighted by molar-refractivity contribution is 9.10. The Kier molecular flexibility index (Phi) is 5.48. The Morgan fingerprint density at radius 3 is 2.48 bits per heavy atom. The van der Waals surface area contributed by atoms with E-state index >= 15 is 0 Å². The number of carbonyl (C=O) groups excluding carboxylic acids is 3. The van der Waals surface area contributed by atoms with Gasteiger partial charge in [0, 0.05) is 15.7 Å². The molecular formula is C16H13BrN2O4. The number of hydrogen-bond donors (Lipinski definition) is 2. The fourth-order valence-corrected chi connectivity index (χ4v) is 2.18. The van der Waals surface area contributed by atoms with Crippen molar-refractivity contribution in [2.45, 2.75) is 0 Å². The Hall–Kier alpha value is -2.67. The van der Waals surface area contributed by atoms with Gasteiger partial charge in [0.2, 0.25) is 5.91 Å². The van der Waals surface area contributed by atoms with E-state index in [1.807, 2.05) is 0 Å². The van der Waals surface area contributed by atoms with Crippen LogP contribution in [0.4, 0.5) is 5.69 Å². The van der Waals surface area contributed by atoms with E-state index < -0.39 is 11.8 Å². The van der Waals surface area contributed by atoms with Gasteiger partial charge in [-0.1, -0.05) is 15.9 Å². The third-order valence-electron chi connectivity index (χ3n) is 2.91. The predicted octanol–water partition coefficient (Wildman–Crippen LogP) is 2.38. The molecule has 0 aliphatic carbocycles. The number of primary amides is 1. The molecule has 0 aliphatic heterocycles. The molecule has 0 heterocycles. The van der Waals surface area contributed by atoms with Crippen LogP contribution in [-0.2, 0) is 4.79 Å². The summed E-state index contributed by atoms with van der Waals surface area (Å²) in [5, 5.41) is 2.61. The molecule has 0 aromatic heterocycles. The Balaban J connectivity index is 1.95. The molecule has 0 saturated heterocycles. The second-order valence-corrected chi connectivity index (χ2v) is 5.49. The van der Waals surface area contributed by atoms with Crippen molar-refractivity contribution in [1.29, 1.82) is 0 Å². The van der Waals surface area contributed by atoms with Crippen molar-refractivity contribution in [3.63, 3.8) is 0 Å². The first kappa shape index (κ1) is 16.7. The highest BCUT2D eigenvalue weighted by atomic mass is 79.9. The molecule has 2 aromatic carbocycles. The van der Waals surface area contributed by atoms with Crippen molar-refractivity contribution in [3.05, 3.63) is 58.1 Å². The fraction of sp³-hybridized carbons (Fsp3) is 0.0625. The van der Waals surface area contributed by atoms with E-state index in [0.717, 1.165) is 4.47 Å². The molecule has 2 rings (SSSR count). The third-order valence-corrected chi connectivity index (χ3v) is 3.40. The molecule has 23 heavy (non-hydrogen) atoms. The SMILES string of the molecule is NC(=O)c1ccc(NC(=O)COc2ccc(Br)cc2C=O)cc1. The van der Waals surface area contributed by atoms with E-state index in [0.29, 0.717) is 28.8 Å². The van der Waals surface area contributed by atoms with Crippen LogP contribution in [0.25, 0.3) is 0 Å². The molecule has 0 fully saturated rings. The Labute approximate surface area is 140 Å². The van der Waals surface area contributed by atoms with Crippen LogP contribution in [0.2, 0.25) is 0 Å². The van der Waals surface area contributed by atoms with E-state index in [2.05, 4.69) is 21.2 Å². The van der Waals surface area contributed by atoms with Gasteiger partial charge in [-0.3, -0.25) is 14.4 Å². The number of ether oxygens (including phenoxy) is 1. The van der Waals surface area contributed by atoms with Crippen LogP contribution in [0.3, 0.4) is 0 Å². The van der Waals surface area contributed by atoms with Gasteiger partial charge in [-0.2, -0.15) is 0 Å². The summed E-state index contributed by atoms with van der Waals surface area (Å²) >= 11 is 3.25. The van der Waals surface area contributed by atoms with Gasteiger partial charge < -0.3 is 15.8 Å². The average molecular weight is 377 g/mol. The maximum atomic E-state index is 11.8.